The molecule has 0 aliphatic carbocycles. The van der Waals surface area contributed by atoms with Gasteiger partial charge in [-0.05, 0) is 128 Å². The molecule has 0 bridgehead atoms. The van der Waals surface area contributed by atoms with E-state index in [1.54, 1.807) is 0 Å². The predicted octanol–water partition coefficient (Wildman–Crippen LogP) is 32.9. The van der Waals surface area contributed by atoms with Crippen LogP contribution in [0.2, 0.25) is 0 Å². The third-order valence-electron chi connectivity index (χ3n) is 21.0. The average molecular weight is 1950 g/mol. The van der Waals surface area contributed by atoms with Gasteiger partial charge in [0.2, 0.25) is 0 Å². The molecule has 0 amide bonds. The smallest absolute Gasteiger partial charge is 0.789 e. The minimum absolute atomic E-state index is 0. The number of hydrogen-bond donors (Lipinski definition) is 0. The summed E-state index contributed by atoms with van der Waals surface area (Å²) in [6.45, 7) is 10.7. The van der Waals surface area contributed by atoms with Crippen LogP contribution in [0.1, 0.15) is 531 Å². The summed E-state index contributed by atoms with van der Waals surface area (Å²) in [5.74, 6) is 1.67. The van der Waals surface area contributed by atoms with Gasteiger partial charge in [0.1, 0.15) is 0 Å². The van der Waals surface area contributed by atoms with Gasteiger partial charge in [0.25, 0.3) is 0 Å². The Hall–Kier alpha value is 0.187. The molecule has 0 aromatic heterocycles. The number of ether oxygens (including phenoxy) is 4. The molecule has 15 heteroatoms. The van der Waals surface area contributed by atoms with Crippen molar-refractivity contribution in [3.05, 3.63) is 48.6 Å². The second-order valence-corrected chi connectivity index (χ2v) is 33.7. The van der Waals surface area contributed by atoms with E-state index >= 15 is 0 Å². The van der Waals surface area contributed by atoms with Crippen molar-refractivity contribution in [3.63, 3.8) is 0 Å². The molecule has 0 aromatic carbocycles. The first-order valence-electron chi connectivity index (χ1n) is 48.8. The van der Waals surface area contributed by atoms with Crippen LogP contribution in [0.4, 0.5) is 0 Å². The number of hydrogen-bond acceptors (Lipinski definition) is 12. The largest absolute Gasteiger partial charge is 2.00 e. The van der Waals surface area contributed by atoms with Crippen LogP contribution < -0.4 is 0 Å². The van der Waals surface area contributed by atoms with Gasteiger partial charge in [0.15, 0.2) is 0 Å². The Kier molecular flexibility index (Phi) is 152. The fourth-order valence-corrected chi connectivity index (χ4v) is 14.1. The zero-order chi connectivity index (χ0) is 82.2. The number of rotatable bonds is 88. The van der Waals surface area contributed by atoms with E-state index in [-0.39, 0.29) is 100 Å². The van der Waals surface area contributed by atoms with E-state index in [2.05, 4.69) is 76.3 Å². The summed E-state index contributed by atoms with van der Waals surface area (Å²) >= 11 is 19.0. The molecule has 0 aromatic rings. The normalized spacial score (nSPS) is 10.9. The van der Waals surface area contributed by atoms with Crippen molar-refractivity contribution in [1.29, 1.82) is 0 Å². The molecule has 0 aliphatic rings. The number of esters is 4. The standard InChI is InChI=1S/4C25H48O2S.2CH4.H2S.2Sn/c4*1-2-3-4-5-6-7-8-9-10-11-12-13-14-15-16-17-18-19-20-21-22-25(26)27-23-24-28;;;;;/h4*11-12,28H,2-10,13-24H2,1H3;2*1H4;1H2;;/q;;;;;;;2*+2/p-4/b4*12-11+;;;;;. The molecule has 117 heavy (non-hydrogen) atoms. The molecule has 0 saturated heterocycles. The van der Waals surface area contributed by atoms with Gasteiger partial charge < -0.3 is 69.5 Å². The second kappa shape index (κ2) is 132. The van der Waals surface area contributed by atoms with Crippen molar-refractivity contribution in [2.45, 2.75) is 531 Å². The molecule has 8 nitrogen and oxygen atoms in total. The van der Waals surface area contributed by atoms with Crippen molar-refractivity contribution in [1.82, 2.24) is 0 Å². The maximum Gasteiger partial charge on any atom is 2.00 e. The minimum Gasteiger partial charge on any atom is -0.789 e. The van der Waals surface area contributed by atoms with Gasteiger partial charge in [-0.15, -0.1) is 23.0 Å². The summed E-state index contributed by atoms with van der Waals surface area (Å²) in [7, 11) is 0. The van der Waals surface area contributed by atoms with Gasteiger partial charge in [0.05, 0.1) is 26.4 Å². The number of carbonyl (C=O) groups is 4. The zero-order valence-electron chi connectivity index (χ0n) is 76.4. The van der Waals surface area contributed by atoms with E-state index in [4.69, 9.17) is 69.5 Å². The Morgan fingerprint density at radius 2 is 0.291 bits per heavy atom. The van der Waals surface area contributed by atoms with Gasteiger partial charge in [-0.2, -0.15) is 13.5 Å². The van der Waals surface area contributed by atoms with Gasteiger partial charge in [0, 0.05) is 25.7 Å². The van der Waals surface area contributed by atoms with Crippen LogP contribution >= 0.6 is 13.5 Å². The maximum atomic E-state index is 11.3. The van der Waals surface area contributed by atoms with Crippen LogP contribution in [0.25, 0.3) is 0 Å². The SMILES string of the molecule is C.C.CCCCCCCCCC/C=C/CCCCCCCCCCC(=O)OCC[S-].CCCCCCCCCC/C=C/CCCCCCCCCCC(=O)OCC[S-].CCCCCCCCCC/C=C/CCCCCCCCCCC(=O)OCC[S-].CCCCCCCCCC/C=C/CCCCCCCCCCC(=O)OCC[S-].S.[Sn+2].[Sn+2]. The van der Waals surface area contributed by atoms with Crippen LogP contribution in [0.15, 0.2) is 48.6 Å². The maximum absolute atomic E-state index is 11.3. The van der Waals surface area contributed by atoms with Crippen LogP contribution in [0.3, 0.4) is 0 Å². The summed E-state index contributed by atoms with van der Waals surface area (Å²) in [6.07, 6.45) is 117. The van der Waals surface area contributed by atoms with Gasteiger partial charge >= 0.3 is 71.7 Å². The van der Waals surface area contributed by atoms with Crippen LogP contribution in [-0.2, 0) is 88.6 Å². The van der Waals surface area contributed by atoms with Crippen molar-refractivity contribution in [2.75, 3.05) is 49.4 Å². The van der Waals surface area contributed by atoms with E-state index in [1.165, 1.54) is 411 Å². The Labute approximate surface area is 795 Å². The zero-order valence-corrected chi connectivity index (χ0v) is 86.4. The Bertz CT molecular complexity index is 1650. The average Bonchev–Trinajstić information content (AvgIpc) is 1.08. The molecule has 0 heterocycles. The van der Waals surface area contributed by atoms with E-state index in [9.17, 15) is 19.2 Å². The second-order valence-electron chi connectivity index (χ2n) is 32.1. The third kappa shape index (κ3) is 140. The third-order valence-corrected chi connectivity index (χ3v) is 21.6. The fourth-order valence-electron chi connectivity index (χ4n) is 13.8. The van der Waals surface area contributed by atoms with Crippen molar-refractivity contribution < 1.29 is 38.1 Å². The molecule has 0 spiro atoms. The molecule has 0 aliphatic heterocycles. The number of unbranched alkanes of at least 4 members (excludes halogenated alkanes) is 64. The molecular weight excluding hydrogens is 1750 g/mol. The van der Waals surface area contributed by atoms with Crippen molar-refractivity contribution >= 4 is 136 Å². The molecule has 0 atom stereocenters. The van der Waals surface area contributed by atoms with E-state index in [0.29, 0.717) is 75.1 Å². The van der Waals surface area contributed by atoms with Crippen molar-refractivity contribution in [3.8, 4) is 0 Å². The molecule has 4 radical (unpaired) electrons. The molecule has 0 unspecified atom stereocenters. The molecule has 0 fully saturated rings. The summed E-state index contributed by atoms with van der Waals surface area (Å²) in [5.41, 5.74) is 0. The Balaban J connectivity index is -0.000000187. The minimum atomic E-state index is -0.0830. The molecule has 0 N–H and O–H groups in total. The topological polar surface area (TPSA) is 105 Å². The number of allylic oxidation sites excluding steroid dienone is 8. The number of carbonyl (C=O) groups excluding carboxylic acids is 4. The summed E-state index contributed by atoms with van der Waals surface area (Å²) in [4.78, 5) is 45.3. The van der Waals surface area contributed by atoms with Crippen LogP contribution in [0, 0.1) is 0 Å². The summed E-state index contributed by atoms with van der Waals surface area (Å²) in [6, 6.07) is 0. The summed E-state index contributed by atoms with van der Waals surface area (Å²) in [5, 5.41) is 0. The molecular formula is C102H198O8S5Sn2. The molecule has 0 saturated carbocycles. The summed E-state index contributed by atoms with van der Waals surface area (Å²) < 4.78 is 19.9. The predicted molar refractivity (Wildman–Crippen MR) is 538 cm³/mol. The Morgan fingerprint density at radius 3 is 0.402 bits per heavy atom. The van der Waals surface area contributed by atoms with Gasteiger partial charge in [-0.3, -0.25) is 19.2 Å². The fraction of sp³-hybridized carbons (Fsp3) is 0.882. The van der Waals surface area contributed by atoms with Gasteiger partial charge in [-0.25, -0.2) is 0 Å². The first-order valence-corrected chi connectivity index (χ1v) is 51.1. The van der Waals surface area contributed by atoms with E-state index < -0.39 is 0 Å². The van der Waals surface area contributed by atoms with Crippen LogP contribution in [0.5, 0.6) is 0 Å². The van der Waals surface area contributed by atoms with E-state index in [0.717, 1.165) is 51.4 Å². The Morgan fingerprint density at radius 1 is 0.188 bits per heavy atom. The van der Waals surface area contributed by atoms with Crippen LogP contribution in [-0.4, -0.2) is 121 Å². The monoisotopic (exact) mass is 1950 g/mol. The molecule has 692 valence electrons. The molecule has 0 rings (SSSR count). The van der Waals surface area contributed by atoms with Crippen molar-refractivity contribution in [2.24, 2.45) is 0 Å². The van der Waals surface area contributed by atoms with Gasteiger partial charge in [-0.1, -0.05) is 425 Å². The first-order chi connectivity index (χ1) is 55.2. The quantitative estimate of drug-likeness (QED) is 0.0145. The first kappa shape index (κ1) is 135. The van der Waals surface area contributed by atoms with E-state index in [1.807, 2.05) is 0 Å².